The highest BCUT2D eigenvalue weighted by atomic mass is 19.4. The Labute approximate surface area is 124 Å². The Hall–Kier alpha value is -1.07. The molecule has 0 fully saturated rings. The summed E-state index contributed by atoms with van der Waals surface area (Å²) in [5.74, 6) is 0.396. The highest BCUT2D eigenvalue weighted by Crippen LogP contribution is 2.29. The number of ether oxygens (including phenoxy) is 1. The van der Waals surface area contributed by atoms with E-state index in [0.717, 1.165) is 37.1 Å². The van der Waals surface area contributed by atoms with E-state index in [1.807, 2.05) is 6.92 Å². The molecule has 0 spiro atoms. The van der Waals surface area contributed by atoms with Crippen LogP contribution in [0, 0.1) is 5.92 Å². The number of methoxy groups -OCH3 is 1. The molecular formula is C16H24F3NO. The molecule has 0 radical (unpaired) electrons. The molecule has 120 valence electrons. The van der Waals surface area contributed by atoms with Gasteiger partial charge in [0.05, 0.1) is 5.56 Å². The van der Waals surface area contributed by atoms with Crippen LogP contribution in [0.2, 0.25) is 0 Å². The molecule has 2 atom stereocenters. The van der Waals surface area contributed by atoms with E-state index >= 15 is 0 Å². The van der Waals surface area contributed by atoms with Crippen LogP contribution in [0.1, 0.15) is 31.4 Å². The van der Waals surface area contributed by atoms with Crippen LogP contribution in [0.25, 0.3) is 0 Å². The average molecular weight is 303 g/mol. The van der Waals surface area contributed by atoms with Crippen molar-refractivity contribution < 1.29 is 17.9 Å². The Kier molecular flexibility index (Phi) is 7.18. The van der Waals surface area contributed by atoms with Crippen LogP contribution in [-0.4, -0.2) is 26.3 Å². The predicted octanol–water partition coefficient (Wildman–Crippen LogP) is 3.90. The van der Waals surface area contributed by atoms with Gasteiger partial charge in [-0.05, 0) is 43.0 Å². The summed E-state index contributed by atoms with van der Waals surface area (Å²) in [7, 11) is 1.67. The normalized spacial score (nSPS) is 15.0. The molecule has 21 heavy (non-hydrogen) atoms. The fraction of sp³-hybridized carbons (Fsp3) is 0.625. The summed E-state index contributed by atoms with van der Waals surface area (Å²) >= 11 is 0. The van der Waals surface area contributed by atoms with E-state index in [4.69, 9.17) is 4.74 Å². The molecule has 2 unspecified atom stereocenters. The van der Waals surface area contributed by atoms with Gasteiger partial charge in [-0.2, -0.15) is 13.2 Å². The SMILES string of the molecule is CCNC(Cc1ccc(C(F)(F)F)cc1)C(C)CCOC. The molecule has 0 saturated heterocycles. The highest BCUT2D eigenvalue weighted by Gasteiger charge is 2.30. The first-order chi connectivity index (χ1) is 9.88. The van der Waals surface area contributed by atoms with E-state index in [9.17, 15) is 13.2 Å². The van der Waals surface area contributed by atoms with E-state index in [-0.39, 0.29) is 6.04 Å². The van der Waals surface area contributed by atoms with Gasteiger partial charge in [0.2, 0.25) is 0 Å². The Balaban J connectivity index is 2.70. The molecule has 1 aromatic rings. The van der Waals surface area contributed by atoms with Crippen molar-refractivity contribution in [2.45, 2.75) is 38.9 Å². The molecule has 5 heteroatoms. The largest absolute Gasteiger partial charge is 0.416 e. The molecule has 0 bridgehead atoms. The fourth-order valence-electron chi connectivity index (χ4n) is 2.33. The molecule has 0 aliphatic rings. The summed E-state index contributed by atoms with van der Waals surface area (Å²) in [5.41, 5.74) is 0.317. The quantitative estimate of drug-likeness (QED) is 0.786. The van der Waals surface area contributed by atoms with Crippen molar-refractivity contribution in [2.24, 2.45) is 5.92 Å². The molecule has 1 rings (SSSR count). The topological polar surface area (TPSA) is 21.3 Å². The van der Waals surface area contributed by atoms with Crippen LogP contribution in [0.15, 0.2) is 24.3 Å². The molecule has 0 aliphatic carbocycles. The van der Waals surface area contributed by atoms with Gasteiger partial charge in [-0.15, -0.1) is 0 Å². The lowest BCUT2D eigenvalue weighted by Gasteiger charge is -2.25. The van der Waals surface area contributed by atoms with Gasteiger partial charge in [0, 0.05) is 19.8 Å². The summed E-state index contributed by atoms with van der Waals surface area (Å²) in [6.45, 7) is 5.69. The van der Waals surface area contributed by atoms with Gasteiger partial charge in [0.15, 0.2) is 0 Å². The predicted molar refractivity (Wildman–Crippen MR) is 78.3 cm³/mol. The second kappa shape index (κ2) is 8.39. The van der Waals surface area contributed by atoms with Gasteiger partial charge in [-0.1, -0.05) is 26.0 Å². The van der Waals surface area contributed by atoms with Crippen molar-refractivity contribution in [3.8, 4) is 0 Å². The van der Waals surface area contributed by atoms with Crippen LogP contribution >= 0.6 is 0 Å². The molecule has 1 aromatic carbocycles. The van der Waals surface area contributed by atoms with Crippen LogP contribution in [0.3, 0.4) is 0 Å². The van der Waals surface area contributed by atoms with Crippen LogP contribution in [-0.2, 0) is 17.3 Å². The van der Waals surface area contributed by atoms with E-state index in [1.165, 1.54) is 0 Å². The molecule has 0 aliphatic heterocycles. The minimum Gasteiger partial charge on any atom is -0.385 e. The summed E-state index contributed by atoms with van der Waals surface area (Å²) in [5, 5.41) is 3.41. The van der Waals surface area contributed by atoms with Gasteiger partial charge < -0.3 is 10.1 Å². The van der Waals surface area contributed by atoms with Crippen molar-refractivity contribution in [1.29, 1.82) is 0 Å². The molecule has 1 N–H and O–H groups in total. The van der Waals surface area contributed by atoms with Crippen LogP contribution in [0.4, 0.5) is 13.2 Å². The third kappa shape index (κ3) is 6.06. The number of benzene rings is 1. The monoisotopic (exact) mass is 303 g/mol. The molecule has 0 aromatic heterocycles. The first-order valence-electron chi connectivity index (χ1n) is 7.27. The number of rotatable bonds is 8. The number of likely N-dealkylation sites (N-methyl/N-ethyl adjacent to an activating group) is 1. The molecular weight excluding hydrogens is 279 g/mol. The molecule has 0 amide bonds. The number of nitrogens with one attached hydrogen (secondary N) is 1. The van der Waals surface area contributed by atoms with Crippen LogP contribution in [0.5, 0.6) is 0 Å². The average Bonchev–Trinajstić information content (AvgIpc) is 2.44. The minimum atomic E-state index is -4.27. The van der Waals surface area contributed by atoms with Crippen molar-refractivity contribution in [3.63, 3.8) is 0 Å². The van der Waals surface area contributed by atoms with E-state index < -0.39 is 11.7 Å². The summed E-state index contributed by atoms with van der Waals surface area (Å²) in [6, 6.07) is 5.67. The minimum absolute atomic E-state index is 0.238. The maximum atomic E-state index is 12.5. The number of hydrogen-bond donors (Lipinski definition) is 1. The first kappa shape index (κ1) is 18.0. The summed E-state index contributed by atoms with van der Waals surface area (Å²) in [4.78, 5) is 0. The van der Waals surface area contributed by atoms with Crippen LogP contribution < -0.4 is 5.32 Å². The Morgan fingerprint density at radius 2 is 1.81 bits per heavy atom. The third-order valence-corrected chi connectivity index (χ3v) is 3.67. The van der Waals surface area contributed by atoms with Gasteiger partial charge >= 0.3 is 6.18 Å². The highest BCUT2D eigenvalue weighted by molar-refractivity contribution is 5.25. The van der Waals surface area contributed by atoms with Crippen molar-refractivity contribution in [2.75, 3.05) is 20.3 Å². The lowest BCUT2D eigenvalue weighted by molar-refractivity contribution is -0.137. The molecule has 0 saturated carbocycles. The smallest absolute Gasteiger partial charge is 0.385 e. The number of alkyl halides is 3. The third-order valence-electron chi connectivity index (χ3n) is 3.67. The van der Waals surface area contributed by atoms with Crippen molar-refractivity contribution >= 4 is 0 Å². The second-order valence-corrected chi connectivity index (χ2v) is 5.32. The van der Waals surface area contributed by atoms with E-state index in [2.05, 4.69) is 12.2 Å². The maximum absolute atomic E-state index is 12.5. The van der Waals surface area contributed by atoms with Gasteiger partial charge in [-0.25, -0.2) is 0 Å². The maximum Gasteiger partial charge on any atom is 0.416 e. The zero-order valence-electron chi connectivity index (χ0n) is 12.8. The van der Waals surface area contributed by atoms with E-state index in [1.54, 1.807) is 19.2 Å². The van der Waals surface area contributed by atoms with Crippen molar-refractivity contribution in [1.82, 2.24) is 5.32 Å². The van der Waals surface area contributed by atoms with Gasteiger partial charge in [0.1, 0.15) is 0 Å². The molecule has 0 heterocycles. The number of hydrogen-bond acceptors (Lipinski definition) is 2. The van der Waals surface area contributed by atoms with Gasteiger partial charge in [-0.3, -0.25) is 0 Å². The fourth-order valence-corrected chi connectivity index (χ4v) is 2.33. The number of halogens is 3. The summed E-state index contributed by atoms with van der Waals surface area (Å²) in [6.07, 6.45) is -2.63. The lowest BCUT2D eigenvalue weighted by atomic mass is 9.92. The first-order valence-corrected chi connectivity index (χ1v) is 7.27. The van der Waals surface area contributed by atoms with Gasteiger partial charge in [0.25, 0.3) is 0 Å². The molecule has 2 nitrogen and oxygen atoms in total. The second-order valence-electron chi connectivity index (χ2n) is 5.32. The van der Waals surface area contributed by atoms with E-state index in [0.29, 0.717) is 12.5 Å². The Bertz CT molecular complexity index is 403. The Morgan fingerprint density at radius 1 is 1.19 bits per heavy atom. The summed E-state index contributed by atoms with van der Waals surface area (Å²) < 4.78 is 42.7. The zero-order valence-corrected chi connectivity index (χ0v) is 12.8. The standard InChI is InChI=1S/C16H24F3NO/c1-4-20-15(12(2)9-10-21-3)11-13-5-7-14(8-6-13)16(17,18)19/h5-8,12,15,20H,4,9-11H2,1-3H3. The Morgan fingerprint density at radius 3 is 2.29 bits per heavy atom. The van der Waals surface area contributed by atoms with Crippen molar-refractivity contribution in [3.05, 3.63) is 35.4 Å². The lowest BCUT2D eigenvalue weighted by Crippen LogP contribution is -2.37. The zero-order chi connectivity index (χ0) is 15.9.